The summed E-state index contributed by atoms with van der Waals surface area (Å²) in [6, 6.07) is 15.7. The number of H-pyrrole nitrogens is 1. The summed E-state index contributed by atoms with van der Waals surface area (Å²) < 4.78 is 2.58. The average molecular weight is 328 g/mol. The van der Waals surface area contributed by atoms with Crippen molar-refractivity contribution >= 4 is 21.8 Å². The van der Waals surface area contributed by atoms with Crippen LogP contribution in [0.5, 0.6) is 0 Å². The number of aromatic amines is 1. The van der Waals surface area contributed by atoms with Crippen molar-refractivity contribution in [3.05, 3.63) is 70.5 Å². The number of nitrogens with zero attached hydrogens (tertiary/aromatic N) is 1. The van der Waals surface area contributed by atoms with E-state index in [0.29, 0.717) is 5.92 Å². The van der Waals surface area contributed by atoms with E-state index in [2.05, 4.69) is 72.8 Å². The molecule has 0 saturated carbocycles. The Balaban J connectivity index is 1.82. The fraction of sp³-hybridized carbons (Fsp3) is 0.304. The second kappa shape index (κ2) is 5.26. The van der Waals surface area contributed by atoms with Crippen molar-refractivity contribution in [1.82, 2.24) is 9.55 Å². The predicted octanol–water partition coefficient (Wildman–Crippen LogP) is 5.97. The summed E-state index contributed by atoms with van der Waals surface area (Å²) >= 11 is 0. The molecule has 1 atom stereocenters. The third-order valence-electron chi connectivity index (χ3n) is 6.02. The first-order valence-corrected chi connectivity index (χ1v) is 9.31. The van der Waals surface area contributed by atoms with Gasteiger partial charge in [-0.3, -0.25) is 0 Å². The van der Waals surface area contributed by atoms with Gasteiger partial charge in [-0.05, 0) is 62.9 Å². The van der Waals surface area contributed by atoms with Gasteiger partial charge in [0.05, 0.1) is 0 Å². The van der Waals surface area contributed by atoms with Crippen LogP contribution in [0.15, 0.2) is 42.5 Å². The molecule has 2 nitrogen and oxygen atoms in total. The van der Waals surface area contributed by atoms with Crippen molar-refractivity contribution in [2.45, 2.75) is 46.1 Å². The van der Waals surface area contributed by atoms with Gasteiger partial charge in [-0.25, -0.2) is 0 Å². The van der Waals surface area contributed by atoms with Gasteiger partial charge in [0, 0.05) is 45.7 Å². The number of benzene rings is 2. The molecule has 0 amide bonds. The van der Waals surface area contributed by atoms with E-state index in [9.17, 15) is 0 Å². The number of rotatable bonds is 1. The number of hydrogen-bond donors (Lipinski definition) is 1. The minimum atomic E-state index is 0.483. The maximum absolute atomic E-state index is 3.63. The lowest BCUT2D eigenvalue weighted by Crippen LogP contribution is -2.17. The van der Waals surface area contributed by atoms with Gasteiger partial charge in [0.1, 0.15) is 0 Å². The van der Waals surface area contributed by atoms with Gasteiger partial charge < -0.3 is 9.55 Å². The first-order valence-electron chi connectivity index (χ1n) is 9.31. The Labute approximate surface area is 148 Å². The largest absolute Gasteiger partial charge is 0.358 e. The molecule has 0 bridgehead atoms. The molecule has 5 rings (SSSR count). The third-order valence-corrected chi connectivity index (χ3v) is 6.02. The molecule has 2 heteroatoms. The van der Waals surface area contributed by atoms with Gasteiger partial charge >= 0.3 is 0 Å². The van der Waals surface area contributed by atoms with Crippen molar-refractivity contribution in [1.29, 1.82) is 0 Å². The Bertz CT molecular complexity index is 1110. The zero-order valence-electron chi connectivity index (χ0n) is 15.2. The summed E-state index contributed by atoms with van der Waals surface area (Å²) in [6.45, 7) is 7.87. The topological polar surface area (TPSA) is 20.7 Å². The lowest BCUT2D eigenvalue weighted by Gasteiger charge is -2.27. The lowest BCUT2D eigenvalue weighted by atomic mass is 9.85. The summed E-state index contributed by atoms with van der Waals surface area (Å²) in [5.41, 5.74) is 9.81. The highest BCUT2D eigenvalue weighted by molar-refractivity contribution is 5.89. The normalized spacial score (nSPS) is 17.3. The third kappa shape index (κ3) is 2.03. The number of para-hydroxylation sites is 1. The van der Waals surface area contributed by atoms with Gasteiger partial charge in [-0.2, -0.15) is 0 Å². The molecule has 3 heterocycles. The van der Waals surface area contributed by atoms with Crippen LogP contribution in [0.1, 0.15) is 46.8 Å². The lowest BCUT2D eigenvalue weighted by molar-refractivity contribution is 0.499. The smallest absolute Gasteiger partial charge is 0.0485 e. The van der Waals surface area contributed by atoms with E-state index in [1.807, 2.05) is 0 Å². The van der Waals surface area contributed by atoms with E-state index in [1.54, 1.807) is 0 Å². The van der Waals surface area contributed by atoms with Gasteiger partial charge in [-0.15, -0.1) is 0 Å². The van der Waals surface area contributed by atoms with E-state index >= 15 is 0 Å². The summed E-state index contributed by atoms with van der Waals surface area (Å²) in [7, 11) is 0. The van der Waals surface area contributed by atoms with Crippen molar-refractivity contribution in [2.75, 3.05) is 0 Å². The first kappa shape index (κ1) is 14.8. The van der Waals surface area contributed by atoms with E-state index in [1.165, 1.54) is 62.7 Å². The summed E-state index contributed by atoms with van der Waals surface area (Å²) in [5, 5.41) is 2.82. The van der Waals surface area contributed by atoms with Crippen molar-refractivity contribution < 1.29 is 0 Å². The summed E-state index contributed by atoms with van der Waals surface area (Å²) in [5.74, 6) is 0.483. The molecule has 1 aliphatic rings. The molecule has 126 valence electrons. The van der Waals surface area contributed by atoms with Crippen LogP contribution in [0.3, 0.4) is 0 Å². The monoisotopic (exact) mass is 328 g/mol. The second-order valence-corrected chi connectivity index (χ2v) is 7.59. The predicted molar refractivity (Wildman–Crippen MR) is 106 cm³/mol. The molecule has 1 N–H and O–H groups in total. The summed E-state index contributed by atoms with van der Waals surface area (Å²) in [4.78, 5) is 3.63. The van der Waals surface area contributed by atoms with Crippen molar-refractivity contribution in [2.24, 2.45) is 0 Å². The van der Waals surface area contributed by atoms with Gasteiger partial charge in [0.25, 0.3) is 0 Å². The highest BCUT2D eigenvalue weighted by Crippen LogP contribution is 2.43. The van der Waals surface area contributed by atoms with Crippen LogP contribution in [0.2, 0.25) is 0 Å². The Kier molecular flexibility index (Phi) is 3.12. The molecule has 0 radical (unpaired) electrons. The molecule has 0 fully saturated rings. The fourth-order valence-electron chi connectivity index (χ4n) is 4.97. The van der Waals surface area contributed by atoms with Crippen LogP contribution in [0, 0.1) is 20.8 Å². The molecular weight excluding hydrogens is 304 g/mol. The van der Waals surface area contributed by atoms with Crippen LogP contribution >= 0.6 is 0 Å². The van der Waals surface area contributed by atoms with E-state index in [-0.39, 0.29) is 0 Å². The Morgan fingerprint density at radius 3 is 2.72 bits per heavy atom. The summed E-state index contributed by atoms with van der Waals surface area (Å²) in [6.07, 6.45) is 2.48. The second-order valence-electron chi connectivity index (χ2n) is 7.59. The molecule has 1 aliphatic heterocycles. The molecule has 2 aromatic carbocycles. The average Bonchev–Trinajstić information content (AvgIpc) is 3.10. The van der Waals surface area contributed by atoms with E-state index < -0.39 is 0 Å². The SMILES string of the molecule is Cc1ccc2[nH]c(C)c(C3CCCn4c3c(C)c3ccccc34)c2c1. The molecule has 0 saturated heterocycles. The zero-order chi connectivity index (χ0) is 17.1. The van der Waals surface area contributed by atoms with Gasteiger partial charge in [0.2, 0.25) is 0 Å². The number of aryl methyl sites for hydroxylation is 4. The minimum Gasteiger partial charge on any atom is -0.358 e. The molecule has 0 aliphatic carbocycles. The molecular formula is C23H24N2. The van der Waals surface area contributed by atoms with Crippen molar-refractivity contribution in [3.8, 4) is 0 Å². The number of aromatic nitrogens is 2. The van der Waals surface area contributed by atoms with Crippen LogP contribution in [-0.2, 0) is 6.54 Å². The van der Waals surface area contributed by atoms with Crippen LogP contribution in [0.25, 0.3) is 21.8 Å². The van der Waals surface area contributed by atoms with E-state index in [0.717, 1.165) is 6.54 Å². The Hall–Kier alpha value is -2.48. The standard InChI is InChI=1S/C23H24N2/c1-14-10-11-20-19(13-14)22(16(3)24-20)18-8-6-12-25-21-9-5-4-7-17(21)15(2)23(18)25/h4-5,7,9-11,13,18,24H,6,8,12H2,1-3H3. The quantitative estimate of drug-likeness (QED) is 0.444. The molecule has 0 spiro atoms. The van der Waals surface area contributed by atoms with Gasteiger partial charge in [0.15, 0.2) is 0 Å². The minimum absolute atomic E-state index is 0.483. The number of nitrogens with one attached hydrogen (secondary N) is 1. The van der Waals surface area contributed by atoms with E-state index in [4.69, 9.17) is 0 Å². The Morgan fingerprint density at radius 2 is 1.84 bits per heavy atom. The highest BCUT2D eigenvalue weighted by atomic mass is 15.0. The van der Waals surface area contributed by atoms with Crippen molar-refractivity contribution in [3.63, 3.8) is 0 Å². The molecule has 1 unspecified atom stereocenters. The van der Waals surface area contributed by atoms with Gasteiger partial charge in [-0.1, -0.05) is 29.8 Å². The Morgan fingerprint density at radius 1 is 1.00 bits per heavy atom. The number of fused-ring (bicyclic) bond motifs is 4. The zero-order valence-corrected chi connectivity index (χ0v) is 15.2. The molecule has 4 aromatic rings. The molecule has 25 heavy (non-hydrogen) atoms. The number of hydrogen-bond acceptors (Lipinski definition) is 0. The van der Waals surface area contributed by atoms with Crippen LogP contribution in [-0.4, -0.2) is 9.55 Å². The van der Waals surface area contributed by atoms with Crippen LogP contribution < -0.4 is 0 Å². The molecule has 2 aromatic heterocycles. The fourth-order valence-corrected chi connectivity index (χ4v) is 4.97. The maximum atomic E-state index is 3.63. The maximum Gasteiger partial charge on any atom is 0.0485 e. The first-order chi connectivity index (χ1) is 12.1. The highest BCUT2D eigenvalue weighted by Gasteiger charge is 2.29. The van der Waals surface area contributed by atoms with Crippen LogP contribution in [0.4, 0.5) is 0 Å².